The van der Waals surface area contributed by atoms with Crippen molar-refractivity contribution in [1.29, 1.82) is 0 Å². The fraction of sp³-hybridized carbons (Fsp3) is 0.700. The van der Waals surface area contributed by atoms with Crippen molar-refractivity contribution in [1.82, 2.24) is 15.0 Å². The number of hydrazine groups is 1. The van der Waals surface area contributed by atoms with Crippen LogP contribution in [0, 0.1) is 0 Å². The molecule has 0 aliphatic heterocycles. The molecule has 0 unspecified atom stereocenters. The highest BCUT2D eigenvalue weighted by atomic mass is 16.5. The highest BCUT2D eigenvalue weighted by Crippen LogP contribution is 2.12. The SMILES string of the molecule is CCCCCOc1nc(NN)nc(N(C)C)n1. The zero-order valence-electron chi connectivity index (χ0n) is 10.6. The molecule has 96 valence electrons. The second kappa shape index (κ2) is 6.85. The topological polar surface area (TPSA) is 89.2 Å². The molecule has 0 aliphatic rings. The lowest BCUT2D eigenvalue weighted by Crippen LogP contribution is -2.18. The van der Waals surface area contributed by atoms with Gasteiger partial charge in [0.2, 0.25) is 11.9 Å². The molecule has 1 rings (SSSR count). The number of hydrogen-bond donors (Lipinski definition) is 2. The van der Waals surface area contributed by atoms with Crippen molar-refractivity contribution in [3.05, 3.63) is 0 Å². The number of unbranched alkanes of at least 4 members (excludes halogenated alkanes) is 2. The molecule has 0 spiro atoms. The number of nitrogens with one attached hydrogen (secondary N) is 1. The molecule has 0 bridgehead atoms. The molecule has 1 heterocycles. The Morgan fingerprint density at radius 2 is 2.00 bits per heavy atom. The smallest absolute Gasteiger partial charge is 0.323 e. The number of nitrogens with zero attached hydrogens (tertiary/aromatic N) is 4. The van der Waals surface area contributed by atoms with Crippen LogP contribution in [0.3, 0.4) is 0 Å². The molecule has 1 aromatic heterocycles. The van der Waals surface area contributed by atoms with E-state index in [1.807, 2.05) is 14.1 Å². The van der Waals surface area contributed by atoms with Crippen LogP contribution in [-0.4, -0.2) is 35.7 Å². The van der Waals surface area contributed by atoms with Gasteiger partial charge in [-0.2, -0.15) is 15.0 Å². The number of rotatable bonds is 7. The van der Waals surface area contributed by atoms with E-state index >= 15 is 0 Å². The average Bonchev–Trinajstić information content (AvgIpc) is 2.34. The monoisotopic (exact) mass is 240 g/mol. The number of aromatic nitrogens is 3. The van der Waals surface area contributed by atoms with Crippen molar-refractivity contribution < 1.29 is 4.74 Å². The zero-order chi connectivity index (χ0) is 12.7. The van der Waals surface area contributed by atoms with E-state index in [1.54, 1.807) is 4.90 Å². The summed E-state index contributed by atoms with van der Waals surface area (Å²) in [6, 6.07) is 0.299. The van der Waals surface area contributed by atoms with Gasteiger partial charge in [-0.3, -0.25) is 5.43 Å². The Morgan fingerprint density at radius 1 is 1.24 bits per heavy atom. The number of nitrogen functional groups attached to an aromatic ring is 1. The largest absolute Gasteiger partial charge is 0.463 e. The summed E-state index contributed by atoms with van der Waals surface area (Å²) < 4.78 is 5.46. The summed E-state index contributed by atoms with van der Waals surface area (Å²) >= 11 is 0. The number of anilines is 2. The first-order valence-corrected chi connectivity index (χ1v) is 5.70. The van der Waals surface area contributed by atoms with Gasteiger partial charge < -0.3 is 9.64 Å². The van der Waals surface area contributed by atoms with Crippen LogP contribution < -0.4 is 20.9 Å². The molecule has 17 heavy (non-hydrogen) atoms. The van der Waals surface area contributed by atoms with Gasteiger partial charge in [-0.25, -0.2) is 5.84 Å². The van der Waals surface area contributed by atoms with Gasteiger partial charge in [0.1, 0.15) is 0 Å². The van der Waals surface area contributed by atoms with Crippen LogP contribution in [0.4, 0.5) is 11.9 Å². The van der Waals surface area contributed by atoms with Crippen molar-refractivity contribution in [2.45, 2.75) is 26.2 Å². The molecule has 0 amide bonds. The lowest BCUT2D eigenvalue weighted by atomic mass is 10.3. The van der Waals surface area contributed by atoms with E-state index in [1.165, 1.54) is 0 Å². The van der Waals surface area contributed by atoms with E-state index in [-0.39, 0.29) is 0 Å². The van der Waals surface area contributed by atoms with Crippen molar-refractivity contribution in [3.63, 3.8) is 0 Å². The van der Waals surface area contributed by atoms with E-state index in [0.717, 1.165) is 19.3 Å². The number of ether oxygens (including phenoxy) is 1. The Bertz CT molecular complexity index is 344. The summed E-state index contributed by atoms with van der Waals surface area (Å²) in [7, 11) is 3.69. The van der Waals surface area contributed by atoms with Crippen LogP contribution in [0.15, 0.2) is 0 Å². The van der Waals surface area contributed by atoms with Crippen LogP contribution in [-0.2, 0) is 0 Å². The quantitative estimate of drug-likeness (QED) is 0.414. The molecule has 0 aromatic carbocycles. The first-order valence-electron chi connectivity index (χ1n) is 5.70. The van der Waals surface area contributed by atoms with Crippen LogP contribution in [0.5, 0.6) is 6.01 Å². The zero-order valence-corrected chi connectivity index (χ0v) is 10.6. The molecule has 0 radical (unpaired) electrons. The average molecular weight is 240 g/mol. The van der Waals surface area contributed by atoms with E-state index in [2.05, 4.69) is 27.3 Å². The predicted molar refractivity (Wildman–Crippen MR) is 67.0 cm³/mol. The molecule has 3 N–H and O–H groups in total. The minimum absolute atomic E-state index is 0.299. The summed E-state index contributed by atoms with van der Waals surface area (Å²) in [5.41, 5.74) is 2.40. The molecular formula is C10H20N6O. The molecule has 0 saturated heterocycles. The minimum atomic E-state index is 0.299. The summed E-state index contributed by atoms with van der Waals surface area (Å²) in [6.07, 6.45) is 3.28. The Morgan fingerprint density at radius 3 is 2.59 bits per heavy atom. The third kappa shape index (κ3) is 4.39. The molecule has 0 fully saturated rings. The van der Waals surface area contributed by atoms with E-state index in [0.29, 0.717) is 24.5 Å². The third-order valence-electron chi connectivity index (χ3n) is 2.11. The summed E-state index contributed by atoms with van der Waals surface area (Å²) in [5.74, 6) is 6.10. The standard InChI is InChI=1S/C10H20N6O/c1-4-5-6-7-17-10-13-8(15-11)12-9(14-10)16(2)3/h4-7,11H2,1-3H3,(H,12,13,14,15). The van der Waals surface area contributed by atoms with Crippen LogP contribution in [0.2, 0.25) is 0 Å². The minimum Gasteiger partial charge on any atom is -0.463 e. The highest BCUT2D eigenvalue weighted by molar-refractivity contribution is 5.35. The molecule has 7 nitrogen and oxygen atoms in total. The van der Waals surface area contributed by atoms with E-state index < -0.39 is 0 Å². The lowest BCUT2D eigenvalue weighted by Gasteiger charge is -2.12. The third-order valence-corrected chi connectivity index (χ3v) is 2.11. The van der Waals surface area contributed by atoms with Crippen LogP contribution >= 0.6 is 0 Å². The van der Waals surface area contributed by atoms with Gasteiger partial charge >= 0.3 is 6.01 Å². The second-order valence-corrected chi connectivity index (χ2v) is 3.84. The molecule has 0 aliphatic carbocycles. The van der Waals surface area contributed by atoms with Gasteiger partial charge in [0.05, 0.1) is 6.61 Å². The summed E-state index contributed by atoms with van der Waals surface area (Å²) in [4.78, 5) is 14.0. The van der Waals surface area contributed by atoms with Gasteiger partial charge in [-0.05, 0) is 6.42 Å². The molecule has 7 heteroatoms. The summed E-state index contributed by atoms with van der Waals surface area (Å²) in [6.45, 7) is 2.75. The maximum absolute atomic E-state index is 5.46. The maximum atomic E-state index is 5.46. The Kier molecular flexibility index (Phi) is 5.41. The molecule has 1 aromatic rings. The predicted octanol–water partition coefficient (Wildman–Crippen LogP) is 0.792. The molecule has 0 saturated carbocycles. The first-order chi connectivity index (χ1) is 8.17. The van der Waals surface area contributed by atoms with Crippen LogP contribution in [0.25, 0.3) is 0 Å². The number of hydrogen-bond acceptors (Lipinski definition) is 7. The lowest BCUT2D eigenvalue weighted by molar-refractivity contribution is 0.282. The Hall–Kier alpha value is -1.63. The van der Waals surface area contributed by atoms with Gasteiger partial charge in [0.15, 0.2) is 0 Å². The van der Waals surface area contributed by atoms with Crippen LogP contribution in [0.1, 0.15) is 26.2 Å². The maximum Gasteiger partial charge on any atom is 0.323 e. The van der Waals surface area contributed by atoms with Gasteiger partial charge in [-0.1, -0.05) is 19.8 Å². The van der Waals surface area contributed by atoms with Gasteiger partial charge in [0, 0.05) is 14.1 Å². The molecular weight excluding hydrogens is 220 g/mol. The highest BCUT2D eigenvalue weighted by Gasteiger charge is 2.07. The van der Waals surface area contributed by atoms with E-state index in [4.69, 9.17) is 10.6 Å². The molecule has 0 atom stereocenters. The normalized spacial score (nSPS) is 10.1. The second-order valence-electron chi connectivity index (χ2n) is 3.84. The number of nitrogens with two attached hydrogens (primary N) is 1. The van der Waals surface area contributed by atoms with Gasteiger partial charge in [-0.15, -0.1) is 0 Å². The first kappa shape index (κ1) is 13.4. The van der Waals surface area contributed by atoms with Gasteiger partial charge in [0.25, 0.3) is 0 Å². The Labute approximate surface area is 101 Å². The summed E-state index contributed by atoms with van der Waals surface area (Å²) in [5, 5.41) is 0. The fourth-order valence-corrected chi connectivity index (χ4v) is 1.19. The van der Waals surface area contributed by atoms with E-state index in [9.17, 15) is 0 Å². The fourth-order valence-electron chi connectivity index (χ4n) is 1.19. The van der Waals surface area contributed by atoms with Crippen molar-refractivity contribution >= 4 is 11.9 Å². The Balaban J connectivity index is 2.66. The van der Waals surface area contributed by atoms with Crippen molar-refractivity contribution in [2.75, 3.05) is 31.0 Å². The van der Waals surface area contributed by atoms with Crippen molar-refractivity contribution in [2.24, 2.45) is 5.84 Å². The van der Waals surface area contributed by atoms with Crippen molar-refractivity contribution in [3.8, 4) is 6.01 Å².